The van der Waals surface area contributed by atoms with E-state index in [-0.39, 0.29) is 0 Å². The van der Waals surface area contributed by atoms with Crippen LogP contribution < -0.4 is 4.90 Å². The third-order valence-electron chi connectivity index (χ3n) is 5.58. The number of hydrogen-bond donors (Lipinski definition) is 0. The van der Waals surface area contributed by atoms with Gasteiger partial charge in [-0.3, -0.25) is 4.90 Å². The molecule has 132 valence electrons. The van der Waals surface area contributed by atoms with Gasteiger partial charge in [0, 0.05) is 45.0 Å². The molecule has 1 aromatic rings. The van der Waals surface area contributed by atoms with Crippen LogP contribution in [0.15, 0.2) is 23.2 Å². The number of aromatic nitrogens is 1. The fourth-order valence-corrected chi connectivity index (χ4v) is 5.62. The molecule has 3 aliphatic rings. The first kappa shape index (κ1) is 16.3. The predicted molar refractivity (Wildman–Crippen MR) is 93.7 cm³/mol. The van der Waals surface area contributed by atoms with Crippen molar-refractivity contribution in [3.05, 3.63) is 18.3 Å². The zero-order chi connectivity index (χ0) is 16.6. The Balaban J connectivity index is 1.48. The number of nitrogens with zero attached hydrogens (tertiary/aromatic N) is 4. The van der Waals surface area contributed by atoms with E-state index >= 15 is 0 Å². The van der Waals surface area contributed by atoms with Gasteiger partial charge in [0.1, 0.15) is 10.7 Å². The molecule has 0 aromatic carbocycles. The minimum absolute atomic E-state index is 0.324. The first-order chi connectivity index (χ1) is 11.6. The van der Waals surface area contributed by atoms with Gasteiger partial charge < -0.3 is 4.90 Å². The number of fused-ring (bicyclic) bond motifs is 1. The van der Waals surface area contributed by atoms with Crippen LogP contribution >= 0.6 is 0 Å². The number of sulfonamides is 1. The highest BCUT2D eigenvalue weighted by atomic mass is 32.2. The zero-order valence-corrected chi connectivity index (χ0v) is 14.9. The molecule has 1 unspecified atom stereocenters. The van der Waals surface area contributed by atoms with E-state index in [0.29, 0.717) is 24.0 Å². The summed E-state index contributed by atoms with van der Waals surface area (Å²) in [5.74, 6) is 0.903. The van der Waals surface area contributed by atoms with Gasteiger partial charge in [0.25, 0.3) is 0 Å². The molecule has 4 heterocycles. The molecule has 1 aromatic heterocycles. The molecular weight excluding hydrogens is 324 g/mol. The number of piperazine rings is 1. The molecule has 0 saturated carbocycles. The largest absolute Gasteiger partial charge is 0.354 e. The van der Waals surface area contributed by atoms with Gasteiger partial charge in [0.2, 0.25) is 10.0 Å². The Morgan fingerprint density at radius 3 is 2.50 bits per heavy atom. The molecule has 3 fully saturated rings. The van der Waals surface area contributed by atoms with Crippen molar-refractivity contribution >= 4 is 15.8 Å². The minimum Gasteiger partial charge on any atom is -0.354 e. The molecule has 3 aliphatic heterocycles. The third kappa shape index (κ3) is 3.05. The molecular formula is C17H26N4O2S. The molecule has 0 amide bonds. The van der Waals surface area contributed by atoms with E-state index in [1.807, 2.05) is 6.07 Å². The van der Waals surface area contributed by atoms with Gasteiger partial charge >= 0.3 is 0 Å². The van der Waals surface area contributed by atoms with Crippen molar-refractivity contribution in [1.29, 1.82) is 0 Å². The van der Waals surface area contributed by atoms with Crippen molar-refractivity contribution in [2.24, 2.45) is 0 Å². The predicted octanol–water partition coefficient (Wildman–Crippen LogP) is 1.54. The van der Waals surface area contributed by atoms with Crippen LogP contribution in [-0.4, -0.2) is 67.9 Å². The van der Waals surface area contributed by atoms with E-state index in [4.69, 9.17) is 0 Å². The highest BCUT2D eigenvalue weighted by Crippen LogP contribution is 2.25. The topological polar surface area (TPSA) is 56.8 Å². The van der Waals surface area contributed by atoms with Crippen molar-refractivity contribution in [1.82, 2.24) is 14.2 Å². The number of piperidine rings is 1. The molecule has 24 heavy (non-hydrogen) atoms. The molecule has 0 bridgehead atoms. The van der Waals surface area contributed by atoms with Crippen molar-refractivity contribution < 1.29 is 8.42 Å². The summed E-state index contributed by atoms with van der Waals surface area (Å²) < 4.78 is 26.7. The fourth-order valence-electron chi connectivity index (χ4n) is 4.15. The average molecular weight is 350 g/mol. The maximum atomic E-state index is 12.6. The van der Waals surface area contributed by atoms with Gasteiger partial charge in [-0.1, -0.05) is 6.42 Å². The third-order valence-corrected chi connectivity index (χ3v) is 7.47. The van der Waals surface area contributed by atoms with Crippen molar-refractivity contribution in [2.75, 3.05) is 44.2 Å². The second-order valence-corrected chi connectivity index (χ2v) is 9.03. The van der Waals surface area contributed by atoms with Gasteiger partial charge in [-0.05, 0) is 44.4 Å². The summed E-state index contributed by atoms with van der Waals surface area (Å²) >= 11 is 0. The zero-order valence-electron chi connectivity index (χ0n) is 14.1. The van der Waals surface area contributed by atoms with Crippen LogP contribution in [0.4, 0.5) is 5.82 Å². The fraction of sp³-hybridized carbons (Fsp3) is 0.706. The first-order valence-electron chi connectivity index (χ1n) is 9.10. The van der Waals surface area contributed by atoms with Crippen LogP contribution in [0.2, 0.25) is 0 Å². The van der Waals surface area contributed by atoms with Crippen LogP contribution in [0.1, 0.15) is 32.1 Å². The highest BCUT2D eigenvalue weighted by molar-refractivity contribution is 7.89. The Labute approximate surface area is 144 Å². The number of hydrogen-bond acceptors (Lipinski definition) is 5. The quantitative estimate of drug-likeness (QED) is 0.828. The summed E-state index contributed by atoms with van der Waals surface area (Å²) in [7, 11) is -3.36. The van der Waals surface area contributed by atoms with Crippen LogP contribution in [0, 0.1) is 0 Å². The number of pyridine rings is 1. The molecule has 0 aliphatic carbocycles. The Bertz CT molecular complexity index is 670. The van der Waals surface area contributed by atoms with Crippen molar-refractivity contribution in [2.45, 2.75) is 43.0 Å². The Hall–Kier alpha value is -1.18. The maximum Gasteiger partial charge on any atom is 0.244 e. The summed E-state index contributed by atoms with van der Waals surface area (Å²) in [6.45, 7) is 5.55. The first-order valence-corrected chi connectivity index (χ1v) is 10.5. The maximum absolute atomic E-state index is 12.6. The lowest BCUT2D eigenvalue weighted by Crippen LogP contribution is -2.55. The Morgan fingerprint density at radius 1 is 0.958 bits per heavy atom. The summed E-state index contributed by atoms with van der Waals surface area (Å²) in [5.41, 5.74) is 0. The SMILES string of the molecule is O=S(=O)(c1ccc(N2CCN3CCCCC3C2)nc1)N1CCCC1. The summed E-state index contributed by atoms with van der Waals surface area (Å²) in [5, 5.41) is 0. The molecule has 0 spiro atoms. The van der Waals surface area contributed by atoms with Gasteiger partial charge in [-0.25, -0.2) is 13.4 Å². The molecule has 1 atom stereocenters. The lowest BCUT2D eigenvalue weighted by molar-refractivity contribution is 0.133. The summed E-state index contributed by atoms with van der Waals surface area (Å²) in [6.07, 6.45) is 7.34. The van der Waals surface area contributed by atoms with Gasteiger partial charge in [-0.2, -0.15) is 4.31 Å². The molecule has 7 heteroatoms. The lowest BCUT2D eigenvalue weighted by Gasteiger charge is -2.44. The number of rotatable bonds is 3. The van der Waals surface area contributed by atoms with E-state index in [1.165, 1.54) is 32.0 Å². The Kier molecular flexibility index (Phi) is 4.49. The smallest absolute Gasteiger partial charge is 0.244 e. The van der Waals surface area contributed by atoms with Crippen LogP contribution in [0.5, 0.6) is 0 Å². The van der Waals surface area contributed by atoms with E-state index in [2.05, 4.69) is 14.8 Å². The monoisotopic (exact) mass is 350 g/mol. The van der Waals surface area contributed by atoms with Crippen LogP contribution in [0.3, 0.4) is 0 Å². The average Bonchev–Trinajstić information content (AvgIpc) is 3.17. The van der Waals surface area contributed by atoms with Gasteiger partial charge in [-0.15, -0.1) is 0 Å². The highest BCUT2D eigenvalue weighted by Gasteiger charge is 2.30. The normalized spacial score (nSPS) is 26.5. The summed E-state index contributed by atoms with van der Waals surface area (Å²) in [6, 6.07) is 4.23. The molecule has 0 radical (unpaired) electrons. The number of anilines is 1. The van der Waals surface area contributed by atoms with Crippen molar-refractivity contribution in [3.63, 3.8) is 0 Å². The van der Waals surface area contributed by atoms with Gasteiger partial charge in [0.15, 0.2) is 0 Å². The van der Waals surface area contributed by atoms with E-state index in [0.717, 1.165) is 38.3 Å². The molecule has 6 nitrogen and oxygen atoms in total. The lowest BCUT2D eigenvalue weighted by atomic mass is 9.99. The summed E-state index contributed by atoms with van der Waals surface area (Å²) in [4.78, 5) is 9.70. The van der Waals surface area contributed by atoms with Crippen LogP contribution in [-0.2, 0) is 10.0 Å². The second kappa shape index (κ2) is 6.61. The van der Waals surface area contributed by atoms with E-state index in [9.17, 15) is 8.42 Å². The molecule has 4 rings (SSSR count). The molecule has 0 N–H and O–H groups in total. The standard InChI is InChI=1S/C17H26N4O2S/c22-24(23,21-9-3-4-10-21)16-6-7-17(18-13-16)20-12-11-19-8-2-1-5-15(19)14-20/h6-7,13,15H,1-5,8-12,14H2. The van der Waals surface area contributed by atoms with Crippen molar-refractivity contribution in [3.8, 4) is 0 Å². The second-order valence-electron chi connectivity index (χ2n) is 7.09. The Morgan fingerprint density at radius 2 is 1.75 bits per heavy atom. The van der Waals surface area contributed by atoms with Gasteiger partial charge in [0.05, 0.1) is 0 Å². The minimum atomic E-state index is -3.36. The van der Waals surface area contributed by atoms with E-state index in [1.54, 1.807) is 10.4 Å². The molecule has 3 saturated heterocycles. The van der Waals surface area contributed by atoms with Crippen LogP contribution in [0.25, 0.3) is 0 Å². The van der Waals surface area contributed by atoms with E-state index < -0.39 is 10.0 Å².